The predicted molar refractivity (Wildman–Crippen MR) is 71.2 cm³/mol. The summed E-state index contributed by atoms with van der Waals surface area (Å²) in [6, 6.07) is 7.44. The molecule has 0 amide bonds. The van der Waals surface area contributed by atoms with E-state index in [9.17, 15) is 5.11 Å². The number of rotatable bonds is 1. The van der Waals surface area contributed by atoms with Gasteiger partial charge in [-0.3, -0.25) is 4.98 Å². The van der Waals surface area contributed by atoms with Gasteiger partial charge in [-0.05, 0) is 23.6 Å². The van der Waals surface area contributed by atoms with Crippen LogP contribution in [-0.2, 0) is 0 Å². The van der Waals surface area contributed by atoms with Gasteiger partial charge in [0, 0.05) is 22.2 Å². The maximum atomic E-state index is 10.4. The van der Waals surface area contributed by atoms with Crippen LogP contribution < -0.4 is 0 Å². The maximum Gasteiger partial charge on any atom is 0.0859 e. The average molecular weight is 250 g/mol. The maximum absolute atomic E-state index is 10.4. The molecule has 0 aliphatic carbocycles. The Labute approximate surface area is 106 Å². The molecule has 0 aliphatic rings. The van der Waals surface area contributed by atoms with Crippen molar-refractivity contribution in [1.82, 2.24) is 4.98 Å². The first-order valence-electron chi connectivity index (χ1n) is 5.62. The summed E-state index contributed by atoms with van der Waals surface area (Å²) in [5.41, 5.74) is 1.39. The monoisotopic (exact) mass is 249 g/mol. The van der Waals surface area contributed by atoms with Gasteiger partial charge in [0.2, 0.25) is 0 Å². The van der Waals surface area contributed by atoms with Crippen molar-refractivity contribution in [3.63, 3.8) is 0 Å². The van der Waals surface area contributed by atoms with Crippen molar-refractivity contribution in [2.45, 2.75) is 26.9 Å². The Morgan fingerprint density at radius 2 is 1.94 bits per heavy atom. The van der Waals surface area contributed by atoms with Crippen LogP contribution in [0, 0.1) is 5.41 Å². The molecule has 0 radical (unpaired) electrons. The fourth-order valence-corrected chi connectivity index (χ4v) is 2.06. The van der Waals surface area contributed by atoms with E-state index >= 15 is 0 Å². The third-order valence-electron chi connectivity index (χ3n) is 2.86. The fraction of sp³-hybridized carbons (Fsp3) is 0.357. The van der Waals surface area contributed by atoms with Gasteiger partial charge in [-0.25, -0.2) is 0 Å². The highest BCUT2D eigenvalue weighted by Gasteiger charge is 2.26. The Kier molecular flexibility index (Phi) is 3.11. The zero-order valence-electron chi connectivity index (χ0n) is 10.2. The Balaban J connectivity index is 2.67. The van der Waals surface area contributed by atoms with Gasteiger partial charge in [0.05, 0.1) is 11.6 Å². The Bertz CT molecular complexity index is 545. The third-order valence-corrected chi connectivity index (χ3v) is 3.19. The van der Waals surface area contributed by atoms with Crippen LogP contribution in [0.5, 0.6) is 0 Å². The van der Waals surface area contributed by atoms with Crippen LogP contribution in [-0.4, -0.2) is 10.1 Å². The van der Waals surface area contributed by atoms with Crippen molar-refractivity contribution in [3.05, 3.63) is 41.0 Å². The summed E-state index contributed by atoms with van der Waals surface area (Å²) in [5, 5.41) is 11.9. The molecule has 1 N–H and O–H groups in total. The molecule has 1 heterocycles. The van der Waals surface area contributed by atoms with Gasteiger partial charge >= 0.3 is 0 Å². The number of pyridine rings is 1. The second-order valence-corrected chi connectivity index (χ2v) is 5.71. The van der Waals surface area contributed by atoms with Crippen molar-refractivity contribution in [2.75, 3.05) is 0 Å². The largest absolute Gasteiger partial charge is 0.388 e. The molecule has 1 aromatic heterocycles. The lowest BCUT2D eigenvalue weighted by Gasteiger charge is -2.26. The van der Waals surface area contributed by atoms with Gasteiger partial charge in [-0.1, -0.05) is 38.4 Å². The van der Waals surface area contributed by atoms with Gasteiger partial charge in [0.25, 0.3) is 0 Å². The van der Waals surface area contributed by atoms with E-state index in [4.69, 9.17) is 11.6 Å². The molecule has 2 rings (SSSR count). The van der Waals surface area contributed by atoms with Crippen LogP contribution in [0.15, 0.2) is 30.5 Å². The molecule has 17 heavy (non-hydrogen) atoms. The topological polar surface area (TPSA) is 33.1 Å². The third kappa shape index (κ3) is 2.28. The normalized spacial score (nSPS) is 13.9. The van der Waals surface area contributed by atoms with E-state index in [0.29, 0.717) is 5.02 Å². The SMILES string of the molecule is CC(C)(C)C(O)c1ccc(Cl)c2cccnc12. The number of aliphatic hydroxyl groups is 1. The average Bonchev–Trinajstić information content (AvgIpc) is 2.28. The minimum atomic E-state index is -0.558. The van der Waals surface area contributed by atoms with Crippen molar-refractivity contribution >= 4 is 22.5 Å². The van der Waals surface area contributed by atoms with Crippen LogP contribution in [0.3, 0.4) is 0 Å². The van der Waals surface area contributed by atoms with E-state index in [1.807, 2.05) is 45.0 Å². The van der Waals surface area contributed by atoms with Crippen molar-refractivity contribution in [1.29, 1.82) is 0 Å². The van der Waals surface area contributed by atoms with Crippen LogP contribution in [0.4, 0.5) is 0 Å². The summed E-state index contributed by atoms with van der Waals surface area (Å²) < 4.78 is 0. The highest BCUT2D eigenvalue weighted by Crippen LogP contribution is 2.37. The summed E-state index contributed by atoms with van der Waals surface area (Å²) in [4.78, 5) is 4.33. The van der Waals surface area contributed by atoms with Crippen molar-refractivity contribution in [3.8, 4) is 0 Å². The highest BCUT2D eigenvalue weighted by molar-refractivity contribution is 6.35. The first-order valence-corrected chi connectivity index (χ1v) is 6.00. The molecule has 0 aliphatic heterocycles. The first kappa shape index (κ1) is 12.3. The zero-order chi connectivity index (χ0) is 12.6. The smallest absolute Gasteiger partial charge is 0.0859 e. The molecule has 1 atom stereocenters. The van der Waals surface area contributed by atoms with Gasteiger partial charge in [0.15, 0.2) is 0 Å². The van der Waals surface area contributed by atoms with E-state index in [2.05, 4.69) is 4.98 Å². The quantitative estimate of drug-likeness (QED) is 0.830. The molecule has 1 unspecified atom stereocenters. The first-order chi connectivity index (χ1) is 7.91. The van der Waals surface area contributed by atoms with Gasteiger partial charge < -0.3 is 5.11 Å². The van der Waals surface area contributed by atoms with Crippen LogP contribution in [0.2, 0.25) is 5.02 Å². The molecule has 90 valence electrons. The molecule has 3 heteroatoms. The number of aromatic nitrogens is 1. The number of benzene rings is 1. The second kappa shape index (κ2) is 4.28. The summed E-state index contributed by atoms with van der Waals surface area (Å²) in [7, 11) is 0. The van der Waals surface area contributed by atoms with Gasteiger partial charge in [-0.15, -0.1) is 0 Å². The molecule has 0 bridgehead atoms. The van der Waals surface area contributed by atoms with E-state index < -0.39 is 6.10 Å². The number of aliphatic hydroxyl groups excluding tert-OH is 1. The number of halogens is 1. The van der Waals surface area contributed by atoms with E-state index in [0.717, 1.165) is 16.5 Å². The standard InChI is InChI=1S/C14H16ClNO/c1-14(2,3)13(17)10-6-7-11(15)9-5-4-8-16-12(9)10/h4-8,13,17H,1-3H3. The van der Waals surface area contributed by atoms with E-state index in [-0.39, 0.29) is 5.41 Å². The lowest BCUT2D eigenvalue weighted by molar-refractivity contribution is 0.0638. The van der Waals surface area contributed by atoms with Gasteiger partial charge in [0.1, 0.15) is 0 Å². The van der Waals surface area contributed by atoms with Crippen LogP contribution in [0.25, 0.3) is 10.9 Å². The molecular weight excluding hydrogens is 234 g/mol. The Hall–Kier alpha value is -1.12. The molecule has 0 saturated carbocycles. The lowest BCUT2D eigenvalue weighted by Crippen LogP contribution is -2.18. The summed E-state index contributed by atoms with van der Waals surface area (Å²) in [6.07, 6.45) is 1.16. The minimum Gasteiger partial charge on any atom is -0.388 e. The Morgan fingerprint density at radius 3 is 2.59 bits per heavy atom. The Morgan fingerprint density at radius 1 is 1.24 bits per heavy atom. The molecule has 2 nitrogen and oxygen atoms in total. The molecule has 0 spiro atoms. The second-order valence-electron chi connectivity index (χ2n) is 5.30. The lowest BCUT2D eigenvalue weighted by atomic mass is 9.84. The van der Waals surface area contributed by atoms with E-state index in [1.54, 1.807) is 6.20 Å². The zero-order valence-corrected chi connectivity index (χ0v) is 11.0. The fourth-order valence-electron chi connectivity index (χ4n) is 1.85. The van der Waals surface area contributed by atoms with Crippen molar-refractivity contribution < 1.29 is 5.11 Å². The summed E-state index contributed by atoms with van der Waals surface area (Å²) >= 11 is 6.13. The number of nitrogens with zero attached hydrogens (tertiary/aromatic N) is 1. The van der Waals surface area contributed by atoms with Crippen molar-refractivity contribution in [2.24, 2.45) is 5.41 Å². The molecule has 0 fully saturated rings. The molecular formula is C14H16ClNO. The predicted octanol–water partition coefficient (Wildman–Crippen LogP) is 3.97. The molecule has 1 aromatic carbocycles. The summed E-state index contributed by atoms with van der Waals surface area (Å²) in [6.45, 7) is 6.00. The molecule has 0 saturated heterocycles. The van der Waals surface area contributed by atoms with Crippen LogP contribution in [0.1, 0.15) is 32.4 Å². The number of hydrogen-bond acceptors (Lipinski definition) is 2. The minimum absolute atomic E-state index is 0.224. The number of fused-ring (bicyclic) bond motifs is 1. The molecule has 2 aromatic rings. The van der Waals surface area contributed by atoms with Crippen LogP contribution >= 0.6 is 11.6 Å². The number of hydrogen-bond donors (Lipinski definition) is 1. The van der Waals surface area contributed by atoms with E-state index in [1.165, 1.54) is 0 Å². The highest BCUT2D eigenvalue weighted by atomic mass is 35.5. The van der Waals surface area contributed by atoms with Gasteiger partial charge in [-0.2, -0.15) is 0 Å². The summed E-state index contributed by atoms with van der Waals surface area (Å²) in [5.74, 6) is 0.